The lowest BCUT2D eigenvalue weighted by molar-refractivity contribution is -0.142. The Morgan fingerprint density at radius 3 is 2.45 bits per heavy atom. The average molecular weight is 317 g/mol. The van der Waals surface area contributed by atoms with E-state index < -0.39 is 30.8 Å². The molecule has 0 spiro atoms. The van der Waals surface area contributed by atoms with Gasteiger partial charge in [0.25, 0.3) is 0 Å². The third-order valence-corrected chi connectivity index (χ3v) is 2.89. The van der Waals surface area contributed by atoms with Crippen molar-refractivity contribution in [1.29, 1.82) is 0 Å². The maximum absolute atomic E-state index is 12.3. The summed E-state index contributed by atoms with van der Waals surface area (Å²) in [4.78, 5) is 22.7. The summed E-state index contributed by atoms with van der Waals surface area (Å²) in [6.07, 6.45) is -3.99. The van der Waals surface area contributed by atoms with Gasteiger partial charge in [0.05, 0.1) is 20.6 Å². The SMILES string of the molecule is COc1ccc(OC)c(CC(=O)NC(CC(F)F)C(=O)O)c1. The Balaban J connectivity index is 2.81. The van der Waals surface area contributed by atoms with E-state index >= 15 is 0 Å². The zero-order chi connectivity index (χ0) is 16.7. The molecule has 0 aromatic heterocycles. The highest BCUT2D eigenvalue weighted by molar-refractivity contribution is 5.85. The Labute approximate surface area is 126 Å². The molecular weight excluding hydrogens is 300 g/mol. The standard InChI is InChI=1S/C14H17F2NO5/c1-21-9-3-4-11(22-2)8(5-9)6-13(18)17-10(14(19)20)7-12(15)16/h3-5,10,12H,6-7H2,1-2H3,(H,17,18)(H,19,20). The van der Waals surface area contributed by atoms with Gasteiger partial charge < -0.3 is 19.9 Å². The van der Waals surface area contributed by atoms with Crippen LogP contribution in [0.25, 0.3) is 0 Å². The van der Waals surface area contributed by atoms with Crippen LogP contribution in [0.2, 0.25) is 0 Å². The monoisotopic (exact) mass is 317 g/mol. The summed E-state index contributed by atoms with van der Waals surface area (Å²) >= 11 is 0. The van der Waals surface area contributed by atoms with Gasteiger partial charge >= 0.3 is 5.97 Å². The maximum atomic E-state index is 12.3. The molecule has 1 atom stereocenters. The lowest BCUT2D eigenvalue weighted by Gasteiger charge is -2.15. The number of alkyl halides is 2. The van der Waals surface area contributed by atoms with Crippen LogP contribution in [0.3, 0.4) is 0 Å². The van der Waals surface area contributed by atoms with E-state index in [1.54, 1.807) is 18.2 Å². The first-order valence-electron chi connectivity index (χ1n) is 6.38. The van der Waals surface area contributed by atoms with Gasteiger partial charge in [-0.1, -0.05) is 0 Å². The molecule has 8 heteroatoms. The van der Waals surface area contributed by atoms with Crippen LogP contribution in [-0.2, 0) is 16.0 Å². The summed E-state index contributed by atoms with van der Waals surface area (Å²) < 4.78 is 34.7. The number of hydrogen-bond donors (Lipinski definition) is 2. The number of aliphatic carboxylic acids is 1. The van der Waals surface area contributed by atoms with Gasteiger partial charge in [-0.3, -0.25) is 4.79 Å². The van der Waals surface area contributed by atoms with E-state index in [4.69, 9.17) is 14.6 Å². The second kappa shape index (κ2) is 8.16. The van der Waals surface area contributed by atoms with Crippen molar-refractivity contribution in [2.75, 3.05) is 14.2 Å². The molecule has 1 amide bonds. The number of nitrogens with one attached hydrogen (secondary N) is 1. The normalized spacial score (nSPS) is 11.9. The van der Waals surface area contributed by atoms with E-state index in [0.29, 0.717) is 17.1 Å². The van der Waals surface area contributed by atoms with Gasteiger partial charge in [-0.15, -0.1) is 0 Å². The van der Waals surface area contributed by atoms with E-state index in [1.165, 1.54) is 14.2 Å². The predicted octanol–water partition coefficient (Wildman–Crippen LogP) is 1.47. The second-order valence-corrected chi connectivity index (χ2v) is 4.44. The zero-order valence-corrected chi connectivity index (χ0v) is 12.1. The van der Waals surface area contributed by atoms with Gasteiger partial charge in [0, 0.05) is 12.0 Å². The van der Waals surface area contributed by atoms with E-state index in [-0.39, 0.29) is 6.42 Å². The first kappa shape index (κ1) is 17.7. The molecular formula is C14H17F2NO5. The summed E-state index contributed by atoms with van der Waals surface area (Å²) in [6, 6.07) is 3.15. The van der Waals surface area contributed by atoms with Crippen molar-refractivity contribution in [3.63, 3.8) is 0 Å². The number of carbonyl (C=O) groups excluding carboxylic acids is 1. The molecule has 1 aromatic carbocycles. The molecule has 0 fully saturated rings. The third kappa shape index (κ3) is 5.19. The lowest BCUT2D eigenvalue weighted by Crippen LogP contribution is -2.42. The Kier molecular flexibility index (Phi) is 6.55. The molecule has 0 saturated heterocycles. The summed E-state index contributed by atoms with van der Waals surface area (Å²) in [7, 11) is 2.87. The Morgan fingerprint density at radius 2 is 1.95 bits per heavy atom. The lowest BCUT2D eigenvalue weighted by atomic mass is 10.1. The zero-order valence-electron chi connectivity index (χ0n) is 12.1. The number of amides is 1. The molecule has 0 aliphatic rings. The van der Waals surface area contributed by atoms with Crippen LogP contribution in [0.5, 0.6) is 11.5 Å². The topological polar surface area (TPSA) is 84.9 Å². The number of methoxy groups -OCH3 is 2. The quantitative estimate of drug-likeness (QED) is 0.758. The molecule has 0 bridgehead atoms. The van der Waals surface area contributed by atoms with Crippen molar-refractivity contribution >= 4 is 11.9 Å². The highest BCUT2D eigenvalue weighted by Gasteiger charge is 2.24. The highest BCUT2D eigenvalue weighted by atomic mass is 19.3. The molecule has 0 saturated carbocycles. The van der Waals surface area contributed by atoms with Crippen molar-refractivity contribution < 1.29 is 33.0 Å². The van der Waals surface area contributed by atoms with Crippen molar-refractivity contribution in [3.05, 3.63) is 23.8 Å². The molecule has 0 radical (unpaired) electrons. The molecule has 122 valence electrons. The van der Waals surface area contributed by atoms with Gasteiger partial charge in [-0.05, 0) is 18.2 Å². The minimum Gasteiger partial charge on any atom is -0.497 e. The van der Waals surface area contributed by atoms with E-state index in [1.807, 2.05) is 0 Å². The Hall–Kier alpha value is -2.38. The van der Waals surface area contributed by atoms with Gasteiger partial charge in [-0.25, -0.2) is 13.6 Å². The van der Waals surface area contributed by atoms with Crippen LogP contribution < -0.4 is 14.8 Å². The van der Waals surface area contributed by atoms with Crippen molar-refractivity contribution in [3.8, 4) is 11.5 Å². The van der Waals surface area contributed by atoms with Gasteiger partial charge in [0.2, 0.25) is 12.3 Å². The van der Waals surface area contributed by atoms with Crippen molar-refractivity contribution in [1.82, 2.24) is 5.32 Å². The minimum absolute atomic E-state index is 0.215. The Morgan fingerprint density at radius 1 is 1.27 bits per heavy atom. The first-order valence-corrected chi connectivity index (χ1v) is 6.38. The molecule has 1 unspecified atom stereocenters. The number of benzene rings is 1. The third-order valence-electron chi connectivity index (χ3n) is 2.89. The molecule has 6 nitrogen and oxygen atoms in total. The predicted molar refractivity (Wildman–Crippen MR) is 73.4 cm³/mol. The van der Waals surface area contributed by atoms with Crippen molar-refractivity contribution in [2.45, 2.75) is 25.3 Å². The van der Waals surface area contributed by atoms with E-state index in [9.17, 15) is 18.4 Å². The highest BCUT2D eigenvalue weighted by Crippen LogP contribution is 2.24. The van der Waals surface area contributed by atoms with Crippen LogP contribution in [0.1, 0.15) is 12.0 Å². The largest absolute Gasteiger partial charge is 0.497 e. The molecule has 22 heavy (non-hydrogen) atoms. The number of halogens is 2. The van der Waals surface area contributed by atoms with Gasteiger partial charge in [-0.2, -0.15) is 0 Å². The number of ether oxygens (including phenoxy) is 2. The summed E-state index contributed by atoms with van der Waals surface area (Å²) in [5.74, 6) is -1.30. The number of carboxylic acid groups (broad SMARTS) is 1. The van der Waals surface area contributed by atoms with E-state index in [2.05, 4.69) is 5.32 Å². The molecule has 1 aromatic rings. The number of carboxylic acids is 1. The number of hydrogen-bond acceptors (Lipinski definition) is 4. The molecule has 2 N–H and O–H groups in total. The fourth-order valence-electron chi connectivity index (χ4n) is 1.84. The van der Waals surface area contributed by atoms with Crippen LogP contribution in [0, 0.1) is 0 Å². The molecule has 0 aliphatic heterocycles. The van der Waals surface area contributed by atoms with Gasteiger partial charge in [0.15, 0.2) is 0 Å². The van der Waals surface area contributed by atoms with Crippen LogP contribution >= 0.6 is 0 Å². The maximum Gasteiger partial charge on any atom is 0.326 e. The summed E-state index contributed by atoms with van der Waals surface area (Å²) in [6.45, 7) is 0. The Bertz CT molecular complexity index is 536. The fraction of sp³-hybridized carbons (Fsp3) is 0.429. The molecule has 1 rings (SSSR count). The van der Waals surface area contributed by atoms with Crippen LogP contribution in [0.4, 0.5) is 8.78 Å². The first-order chi connectivity index (χ1) is 10.4. The molecule has 0 heterocycles. The van der Waals surface area contributed by atoms with Crippen molar-refractivity contribution in [2.24, 2.45) is 0 Å². The summed E-state index contributed by atoms with van der Waals surface area (Å²) in [5.41, 5.74) is 0.459. The van der Waals surface area contributed by atoms with Crippen LogP contribution in [0.15, 0.2) is 18.2 Å². The number of carbonyl (C=O) groups is 2. The smallest absolute Gasteiger partial charge is 0.326 e. The second-order valence-electron chi connectivity index (χ2n) is 4.44. The van der Waals surface area contributed by atoms with Gasteiger partial charge in [0.1, 0.15) is 17.5 Å². The summed E-state index contributed by atoms with van der Waals surface area (Å²) in [5, 5.41) is 10.9. The molecule has 0 aliphatic carbocycles. The number of rotatable bonds is 8. The van der Waals surface area contributed by atoms with Crippen LogP contribution in [-0.4, -0.2) is 43.7 Å². The average Bonchev–Trinajstić information content (AvgIpc) is 2.45. The minimum atomic E-state index is -2.83. The van der Waals surface area contributed by atoms with E-state index in [0.717, 1.165) is 0 Å². The fourth-order valence-corrected chi connectivity index (χ4v) is 1.84.